The number of para-hydroxylation sites is 1. The zero-order valence-corrected chi connectivity index (χ0v) is 30.7. The van der Waals surface area contributed by atoms with Crippen molar-refractivity contribution in [3.8, 4) is 22.3 Å². The Balaban J connectivity index is 1.34. The molecule has 0 saturated heterocycles. The van der Waals surface area contributed by atoms with E-state index in [2.05, 4.69) is 207 Å². The van der Waals surface area contributed by atoms with Crippen LogP contribution in [0.3, 0.4) is 0 Å². The second-order valence-corrected chi connectivity index (χ2v) is 14.7. The van der Waals surface area contributed by atoms with E-state index >= 15 is 0 Å². The van der Waals surface area contributed by atoms with Gasteiger partial charge in [0.05, 0.1) is 5.69 Å². The number of aromatic nitrogens is 1. The summed E-state index contributed by atoms with van der Waals surface area (Å²) in [7, 11) is 0. The Hall–Kier alpha value is -5.86. The molecule has 0 fully saturated rings. The lowest BCUT2D eigenvalue weighted by molar-refractivity contribution is 0.529. The highest BCUT2D eigenvalue weighted by atomic mass is 15.1. The number of benzene rings is 6. The minimum atomic E-state index is -0.0968. The van der Waals surface area contributed by atoms with Crippen molar-refractivity contribution in [2.24, 2.45) is 0 Å². The molecule has 2 heterocycles. The van der Waals surface area contributed by atoms with Gasteiger partial charge in [-0.1, -0.05) is 129 Å². The normalized spacial score (nSPS) is 16.2. The summed E-state index contributed by atoms with van der Waals surface area (Å²) in [6, 6.07) is 51.2. The topological polar surface area (TPSA) is 8.17 Å². The van der Waals surface area contributed by atoms with Gasteiger partial charge in [-0.3, -0.25) is 0 Å². The Bertz CT molecular complexity index is 2460. The van der Waals surface area contributed by atoms with Crippen molar-refractivity contribution in [3.05, 3.63) is 187 Å². The van der Waals surface area contributed by atoms with Crippen LogP contribution in [0.15, 0.2) is 170 Å². The Morgan fingerprint density at radius 3 is 1.98 bits per heavy atom. The summed E-state index contributed by atoms with van der Waals surface area (Å²) in [5.74, 6) is 0. The quantitative estimate of drug-likeness (QED) is 0.165. The summed E-state index contributed by atoms with van der Waals surface area (Å²) in [6.45, 7) is 10.0. The van der Waals surface area contributed by atoms with E-state index in [1.54, 1.807) is 0 Å². The zero-order chi connectivity index (χ0) is 35.7. The van der Waals surface area contributed by atoms with Crippen LogP contribution in [0.4, 0.5) is 11.4 Å². The largest absolute Gasteiger partial charge is 0.337 e. The van der Waals surface area contributed by atoms with Gasteiger partial charge in [-0.15, -0.1) is 0 Å². The first-order chi connectivity index (χ1) is 25.4. The van der Waals surface area contributed by atoms with Crippen LogP contribution in [-0.4, -0.2) is 4.57 Å². The Morgan fingerprint density at radius 1 is 0.654 bits per heavy atom. The lowest BCUT2D eigenvalue weighted by Gasteiger charge is -2.29. The predicted octanol–water partition coefficient (Wildman–Crippen LogP) is 13.7. The maximum Gasteiger partial charge on any atom is 0.0530 e. The van der Waals surface area contributed by atoms with Gasteiger partial charge < -0.3 is 9.47 Å². The van der Waals surface area contributed by atoms with Crippen molar-refractivity contribution in [3.63, 3.8) is 0 Å². The summed E-state index contributed by atoms with van der Waals surface area (Å²) in [5.41, 5.74) is 15.1. The summed E-state index contributed by atoms with van der Waals surface area (Å²) in [5, 5.41) is 2.63. The fraction of sp³-hybridized carbons (Fsp3) is 0.160. The van der Waals surface area contributed by atoms with Gasteiger partial charge in [0.15, 0.2) is 0 Å². The van der Waals surface area contributed by atoms with E-state index in [1.165, 1.54) is 72.0 Å². The predicted molar refractivity (Wildman–Crippen MR) is 224 cm³/mol. The molecule has 0 spiro atoms. The van der Waals surface area contributed by atoms with E-state index in [1.807, 2.05) is 0 Å². The standard InChI is InChI=1S/C50H46N2/c1-5-6-30-52-48-28-26-40(38-19-12-8-13-20-38)33-44(48)45-34-41-24-23-36(2)43-32-39(37-17-10-7-11-18-37)25-27-47(43)51(42-21-14-9-15-22-42)31-16-29-50(3,4)46(41)35-49(45)52/h5-23,25-28,31-35H,24,29-30H2,1-4H3/b6-5-,31-16+,36-23+. The Morgan fingerprint density at radius 2 is 1.29 bits per heavy atom. The van der Waals surface area contributed by atoms with Crippen LogP contribution in [0.5, 0.6) is 0 Å². The summed E-state index contributed by atoms with van der Waals surface area (Å²) in [6.07, 6.45) is 13.3. The van der Waals surface area contributed by atoms with Gasteiger partial charge in [0.25, 0.3) is 0 Å². The summed E-state index contributed by atoms with van der Waals surface area (Å²) in [4.78, 5) is 2.36. The molecule has 0 amide bonds. The van der Waals surface area contributed by atoms with Crippen LogP contribution in [0.25, 0.3) is 49.6 Å². The SMILES string of the molecule is C/C=C\Cn1c2ccc(-c3ccccc3)cc2c2cc3c(cc21)C(C)(C)C/C=C/N(c1ccccc1)c1ccc(-c2ccccc2)cc1/C(C)=C/C3. The fourth-order valence-electron chi connectivity index (χ4n) is 7.91. The number of allylic oxidation sites excluding steroid dienone is 5. The Kier molecular flexibility index (Phi) is 8.99. The molecule has 6 aromatic carbocycles. The highest BCUT2D eigenvalue weighted by Crippen LogP contribution is 2.41. The molecule has 8 rings (SSSR count). The smallest absolute Gasteiger partial charge is 0.0530 e. The van der Waals surface area contributed by atoms with Gasteiger partial charge in [-0.2, -0.15) is 0 Å². The minimum Gasteiger partial charge on any atom is -0.337 e. The van der Waals surface area contributed by atoms with Crippen molar-refractivity contribution in [2.75, 3.05) is 4.90 Å². The fourth-order valence-corrected chi connectivity index (χ4v) is 7.91. The average molecular weight is 675 g/mol. The molecule has 0 saturated carbocycles. The van der Waals surface area contributed by atoms with Crippen molar-refractivity contribution >= 4 is 38.8 Å². The Labute approximate surface area is 308 Å². The van der Waals surface area contributed by atoms with E-state index in [-0.39, 0.29) is 5.41 Å². The minimum absolute atomic E-state index is 0.0968. The molecule has 1 aromatic heterocycles. The monoisotopic (exact) mass is 674 g/mol. The highest BCUT2D eigenvalue weighted by molar-refractivity contribution is 6.10. The molecule has 0 bridgehead atoms. The van der Waals surface area contributed by atoms with E-state index in [0.717, 1.165) is 25.1 Å². The average Bonchev–Trinajstić information content (AvgIpc) is 3.49. The number of rotatable bonds is 5. The maximum atomic E-state index is 2.51. The molecule has 2 nitrogen and oxygen atoms in total. The molecule has 7 aromatic rings. The molecule has 0 N–H and O–H groups in total. The summed E-state index contributed by atoms with van der Waals surface area (Å²) < 4.78 is 2.50. The molecule has 52 heavy (non-hydrogen) atoms. The molecule has 1 aliphatic heterocycles. The number of hydrogen-bond acceptors (Lipinski definition) is 1. The van der Waals surface area contributed by atoms with E-state index in [9.17, 15) is 0 Å². The lowest BCUT2D eigenvalue weighted by Crippen LogP contribution is -2.20. The molecule has 0 aliphatic carbocycles. The first kappa shape index (κ1) is 33.3. The lowest BCUT2D eigenvalue weighted by atomic mass is 9.77. The van der Waals surface area contributed by atoms with Gasteiger partial charge in [-0.05, 0) is 120 Å². The molecule has 256 valence electrons. The number of hydrogen-bond donors (Lipinski definition) is 0. The first-order valence-corrected chi connectivity index (χ1v) is 18.5. The third-order valence-corrected chi connectivity index (χ3v) is 10.8. The van der Waals surface area contributed by atoms with Gasteiger partial charge in [-0.25, -0.2) is 0 Å². The second-order valence-electron chi connectivity index (χ2n) is 14.7. The second kappa shape index (κ2) is 14.0. The van der Waals surface area contributed by atoms with Crippen molar-refractivity contribution in [2.45, 2.75) is 52.5 Å². The molecule has 0 atom stereocenters. The van der Waals surface area contributed by atoms with Gasteiger partial charge in [0.1, 0.15) is 0 Å². The zero-order valence-electron chi connectivity index (χ0n) is 30.7. The van der Waals surface area contributed by atoms with E-state index < -0.39 is 0 Å². The molecule has 0 unspecified atom stereocenters. The van der Waals surface area contributed by atoms with Gasteiger partial charge in [0.2, 0.25) is 0 Å². The van der Waals surface area contributed by atoms with Crippen LogP contribution >= 0.6 is 0 Å². The van der Waals surface area contributed by atoms with Crippen LogP contribution in [0.1, 0.15) is 50.8 Å². The maximum absolute atomic E-state index is 2.51. The molecule has 2 heteroatoms. The van der Waals surface area contributed by atoms with Gasteiger partial charge in [0, 0.05) is 45.8 Å². The first-order valence-electron chi connectivity index (χ1n) is 18.5. The number of fused-ring (bicyclic) bond motifs is 5. The van der Waals surface area contributed by atoms with Crippen LogP contribution in [-0.2, 0) is 18.4 Å². The van der Waals surface area contributed by atoms with Crippen LogP contribution in [0.2, 0.25) is 0 Å². The third-order valence-electron chi connectivity index (χ3n) is 10.8. The summed E-state index contributed by atoms with van der Waals surface area (Å²) >= 11 is 0. The van der Waals surface area contributed by atoms with E-state index in [4.69, 9.17) is 0 Å². The van der Waals surface area contributed by atoms with Crippen molar-refractivity contribution in [1.82, 2.24) is 4.57 Å². The molecule has 1 aliphatic rings. The third kappa shape index (κ3) is 6.31. The van der Waals surface area contributed by atoms with Gasteiger partial charge >= 0.3 is 0 Å². The highest BCUT2D eigenvalue weighted by Gasteiger charge is 2.26. The molecule has 0 radical (unpaired) electrons. The molecular weight excluding hydrogens is 629 g/mol. The van der Waals surface area contributed by atoms with Crippen molar-refractivity contribution < 1.29 is 0 Å². The van der Waals surface area contributed by atoms with Crippen LogP contribution in [0, 0.1) is 0 Å². The molecular formula is C50H46N2. The van der Waals surface area contributed by atoms with Crippen molar-refractivity contribution in [1.29, 1.82) is 0 Å². The van der Waals surface area contributed by atoms with Crippen LogP contribution < -0.4 is 4.90 Å². The number of nitrogens with zero attached hydrogens (tertiary/aromatic N) is 2. The van der Waals surface area contributed by atoms with E-state index in [0.29, 0.717) is 0 Å². The number of anilines is 2.